The van der Waals surface area contributed by atoms with Crippen LogP contribution in [-0.2, 0) is 14.3 Å². The zero-order valence-electron chi connectivity index (χ0n) is 31.5. The van der Waals surface area contributed by atoms with Crippen molar-refractivity contribution in [3.63, 3.8) is 0 Å². The van der Waals surface area contributed by atoms with Gasteiger partial charge in [0, 0.05) is 50.5 Å². The van der Waals surface area contributed by atoms with Crippen molar-refractivity contribution in [3.05, 3.63) is 43.7 Å². The lowest BCUT2D eigenvalue weighted by Gasteiger charge is -2.44. The monoisotopic (exact) mass is 1520 g/mol. The zero-order valence-corrected chi connectivity index (χ0v) is 44.5. The van der Waals surface area contributed by atoms with Crippen LogP contribution in [-0.4, -0.2) is 180 Å². The number of methoxy groups -OCH3 is 1. The second-order valence-electron chi connectivity index (χ2n) is 12.4. The summed E-state index contributed by atoms with van der Waals surface area (Å²) >= 11 is 10.3. The lowest BCUT2D eigenvalue weighted by atomic mass is 9.82. The van der Waals surface area contributed by atoms with E-state index in [-0.39, 0.29) is 69.1 Å². The molecule has 4 amide bonds. The summed E-state index contributed by atoms with van der Waals surface area (Å²) in [6.07, 6.45) is -1.40. The van der Waals surface area contributed by atoms with Gasteiger partial charge in [-0.1, -0.05) is 0 Å². The number of hydrogen-bond acceptors (Lipinski definition) is 16. The van der Waals surface area contributed by atoms with Crippen LogP contribution >= 0.6 is 136 Å². The summed E-state index contributed by atoms with van der Waals surface area (Å²) in [6.45, 7) is -7.61. The highest BCUT2D eigenvalue weighted by Crippen LogP contribution is 2.44. The van der Waals surface area contributed by atoms with Gasteiger partial charge in [-0.15, -0.1) is 0 Å². The number of nitrogens with two attached hydrogens (primary N) is 2. The largest absolute Gasteiger partial charge is 0.395 e. The lowest BCUT2D eigenvalue weighted by molar-refractivity contribution is -0.125. The molecule has 0 saturated carbocycles. The number of anilines is 2. The van der Waals surface area contributed by atoms with Crippen molar-refractivity contribution in [2.24, 2.45) is 11.5 Å². The highest BCUT2D eigenvalue weighted by atomic mass is 127. The molecule has 0 saturated heterocycles. The van der Waals surface area contributed by atoms with Gasteiger partial charge in [0.1, 0.15) is 6.61 Å². The third-order valence-corrected chi connectivity index (χ3v) is 15.1. The normalized spacial score (nSPS) is 12.8. The predicted octanol–water partition coefficient (Wildman–Crippen LogP) is -1.16. The zero-order chi connectivity index (χ0) is 45.8. The number of β-amino-alcohol motifs (C(OH)–C–C–N with tert-alkyl or cyclic N) is 1. The molecule has 2 unspecified atom stereocenters. The van der Waals surface area contributed by atoms with Crippen molar-refractivity contribution in [2.45, 2.75) is 11.6 Å². The van der Waals surface area contributed by atoms with Gasteiger partial charge in [0.05, 0.1) is 96.6 Å². The number of nitrogens with zero attached hydrogens (tertiary/aromatic N) is 3. The van der Waals surface area contributed by atoms with Crippen molar-refractivity contribution in [1.82, 2.24) is 10.2 Å². The molecular weight excluding hydrogens is 1480 g/mol. The van der Waals surface area contributed by atoms with Crippen molar-refractivity contribution >= 4 is 182 Å². The van der Waals surface area contributed by atoms with Gasteiger partial charge in [0.25, 0.3) is 23.6 Å². The first-order valence-corrected chi connectivity index (χ1v) is 23.7. The number of ketones is 2. The molecule has 12 N–H and O–H groups in total. The topological polar surface area (TPSA) is 327 Å². The van der Waals surface area contributed by atoms with Crippen LogP contribution in [0, 0.1) is 21.4 Å². The number of ether oxygens (including phenoxy) is 1. The van der Waals surface area contributed by atoms with E-state index < -0.39 is 118 Å². The highest BCUT2D eigenvalue weighted by Gasteiger charge is 2.54. The number of halogens is 6. The summed E-state index contributed by atoms with van der Waals surface area (Å²) in [5.41, 5.74) is 7.29. The number of amides is 4. The molecule has 2 aromatic rings. The predicted molar refractivity (Wildman–Crippen MR) is 267 cm³/mol. The van der Waals surface area contributed by atoms with E-state index in [1.54, 1.807) is 136 Å². The SMILES string of the molecule is COCC(=O)N(CCO)c1c(I)c(C(=O)NCC(O)CO)c(I)c(C(=O)C(CO)(C(=O)CN(CCO)CCO)N(CCO)c2c(I)c(C(N)=O)c(I)c(C(N)=O)c2I)c1I. The molecule has 0 aliphatic heterocycles. The smallest absolute Gasteiger partial charge is 0.253 e. The molecule has 0 aliphatic carbocycles. The van der Waals surface area contributed by atoms with Gasteiger partial charge >= 0.3 is 0 Å². The van der Waals surface area contributed by atoms with Crippen LogP contribution in [0.1, 0.15) is 41.4 Å². The number of nitrogens with one attached hydrogen (secondary N) is 1. The standard InChI is InChI=1S/C34H42I6N6O14/c1-60-13-17(55)45(4-8-49)28-24(37)18(22(35)21(27(28)40)33(59)43-10-15(53)12-51)30(56)34(14-52,16(54)11-44(2-6-47)3-7-48)46(5-9-50)29-25(38)19(31(41)57)23(36)20(26(29)39)32(42)58/h15,47-53H,2-14H2,1H3,(H2,41,57)(H2,42,58)(H,43,59). The highest BCUT2D eigenvalue weighted by molar-refractivity contribution is 14.1. The first-order chi connectivity index (χ1) is 28.2. The van der Waals surface area contributed by atoms with E-state index >= 15 is 9.59 Å². The minimum absolute atomic E-state index is 0.0113. The first-order valence-electron chi connectivity index (χ1n) is 17.2. The summed E-state index contributed by atoms with van der Waals surface area (Å²) < 4.78 is 4.96. The molecule has 2 atom stereocenters. The van der Waals surface area contributed by atoms with Crippen LogP contribution in [0.2, 0.25) is 0 Å². The van der Waals surface area contributed by atoms with Crippen LogP contribution < -0.4 is 26.6 Å². The van der Waals surface area contributed by atoms with E-state index in [1.807, 2.05) is 0 Å². The van der Waals surface area contributed by atoms with Gasteiger partial charge < -0.3 is 67.1 Å². The Morgan fingerprint density at radius 3 is 1.58 bits per heavy atom. The Morgan fingerprint density at radius 1 is 0.683 bits per heavy atom. The minimum atomic E-state index is -2.86. The third kappa shape index (κ3) is 12.2. The number of Topliss-reactive ketones (excluding diaryl/α,β-unsaturated/α-hetero) is 2. The molecule has 0 heterocycles. The average Bonchev–Trinajstić information content (AvgIpc) is 3.16. The fourth-order valence-electron chi connectivity index (χ4n) is 5.97. The Kier molecular flexibility index (Phi) is 23.9. The maximum absolute atomic E-state index is 15.9. The molecule has 0 bridgehead atoms. The fourth-order valence-corrected chi connectivity index (χ4v) is 15.5. The number of benzene rings is 2. The molecule has 26 heteroatoms. The molecule has 0 fully saturated rings. The van der Waals surface area contributed by atoms with E-state index in [4.69, 9.17) is 16.2 Å². The van der Waals surface area contributed by atoms with Gasteiger partial charge in [0.2, 0.25) is 5.78 Å². The first kappa shape index (κ1) is 55.6. The second-order valence-corrected chi connectivity index (χ2v) is 18.9. The summed E-state index contributed by atoms with van der Waals surface area (Å²) in [5, 5.41) is 74.0. The van der Waals surface area contributed by atoms with E-state index in [9.17, 15) is 54.9 Å². The number of aliphatic hydroxyl groups excluding tert-OH is 7. The summed E-state index contributed by atoms with van der Waals surface area (Å²) in [6, 6.07) is 0. The molecule has 334 valence electrons. The molecule has 0 spiro atoms. The van der Waals surface area contributed by atoms with Gasteiger partial charge in [-0.3, -0.25) is 33.7 Å². The number of aliphatic hydroxyl groups is 7. The van der Waals surface area contributed by atoms with E-state index in [2.05, 4.69) is 5.32 Å². The maximum atomic E-state index is 15.9. The van der Waals surface area contributed by atoms with Gasteiger partial charge in [-0.2, -0.15) is 0 Å². The maximum Gasteiger partial charge on any atom is 0.253 e. The molecule has 2 aromatic carbocycles. The number of hydrogen-bond donors (Lipinski definition) is 10. The van der Waals surface area contributed by atoms with E-state index in [0.717, 1.165) is 9.80 Å². The number of carbonyl (C=O) groups excluding carboxylic acids is 6. The van der Waals surface area contributed by atoms with Gasteiger partial charge in [-0.05, 0) is 136 Å². The number of rotatable bonds is 25. The van der Waals surface area contributed by atoms with Crippen molar-refractivity contribution in [1.29, 1.82) is 0 Å². The lowest BCUT2D eigenvalue weighted by Crippen LogP contribution is -2.66. The van der Waals surface area contributed by atoms with Crippen LogP contribution in [0.4, 0.5) is 11.4 Å². The van der Waals surface area contributed by atoms with Gasteiger partial charge in [0.15, 0.2) is 11.3 Å². The van der Waals surface area contributed by atoms with Crippen LogP contribution in [0.15, 0.2) is 0 Å². The van der Waals surface area contributed by atoms with Crippen molar-refractivity contribution in [2.75, 3.05) is 102 Å². The van der Waals surface area contributed by atoms with Crippen LogP contribution in [0.5, 0.6) is 0 Å². The van der Waals surface area contributed by atoms with Crippen molar-refractivity contribution in [3.8, 4) is 0 Å². The summed E-state index contributed by atoms with van der Waals surface area (Å²) in [7, 11) is 1.24. The summed E-state index contributed by atoms with van der Waals surface area (Å²) in [4.78, 5) is 88.0. The fraction of sp³-hybridized carbons (Fsp3) is 0.471. The third-order valence-electron chi connectivity index (χ3n) is 8.73. The Bertz CT molecular complexity index is 1920. The number of carbonyl (C=O) groups is 6. The average molecular weight is 1520 g/mol. The molecule has 0 aliphatic rings. The molecule has 60 heavy (non-hydrogen) atoms. The van der Waals surface area contributed by atoms with Crippen molar-refractivity contribution < 1.29 is 69.2 Å². The Hall–Kier alpha value is -0.520. The minimum Gasteiger partial charge on any atom is -0.395 e. The molecule has 20 nitrogen and oxygen atoms in total. The number of primary amides is 2. The molecule has 0 radical (unpaired) electrons. The Balaban J connectivity index is 3.45. The molecular formula is C34H42I6N6O14. The van der Waals surface area contributed by atoms with Crippen LogP contribution in [0.3, 0.4) is 0 Å². The summed E-state index contributed by atoms with van der Waals surface area (Å²) in [5.74, 6) is -5.99. The Morgan fingerprint density at radius 2 is 1.15 bits per heavy atom. The quantitative estimate of drug-likeness (QED) is 0.0318. The molecule has 0 aromatic heterocycles. The van der Waals surface area contributed by atoms with Gasteiger partial charge in [-0.25, -0.2) is 0 Å². The van der Waals surface area contributed by atoms with Crippen LogP contribution in [0.25, 0.3) is 0 Å². The van der Waals surface area contributed by atoms with E-state index in [1.165, 1.54) is 12.0 Å². The van der Waals surface area contributed by atoms with E-state index in [0.29, 0.717) is 0 Å². The second kappa shape index (κ2) is 25.8. The Labute approximate surface area is 425 Å². The molecule has 2 rings (SSSR count).